The van der Waals surface area contributed by atoms with Crippen LogP contribution in [0.3, 0.4) is 0 Å². The van der Waals surface area contributed by atoms with Crippen molar-refractivity contribution in [1.82, 2.24) is 0 Å². The number of ketones is 1. The average molecular weight is 152 g/mol. The molecule has 0 amide bonds. The number of methoxy groups -OCH3 is 1. The zero-order valence-electron chi connectivity index (χ0n) is 6.67. The number of carbonyl (C=O) groups excluding carboxylic acids is 1. The second-order valence-electron chi connectivity index (χ2n) is 3.38. The van der Waals surface area contributed by atoms with Gasteiger partial charge in [-0.25, -0.2) is 0 Å². The number of hydrogen-bond donors (Lipinski definition) is 0. The molecule has 0 aliphatic heterocycles. The number of Topliss-reactive ketones (excluding diaryl/α,β-unsaturated/α-hetero) is 1. The van der Waals surface area contributed by atoms with E-state index in [9.17, 15) is 4.79 Å². The van der Waals surface area contributed by atoms with Crippen molar-refractivity contribution >= 4 is 5.78 Å². The third-order valence-corrected chi connectivity index (χ3v) is 2.91. The SMILES string of the molecule is COC12CC=CCC1C(=O)C2. The molecule has 0 bridgehead atoms. The predicted octanol–water partition coefficient (Wildman–Crippen LogP) is 1.31. The van der Waals surface area contributed by atoms with Gasteiger partial charge in [-0.2, -0.15) is 0 Å². The van der Waals surface area contributed by atoms with Crippen molar-refractivity contribution < 1.29 is 9.53 Å². The van der Waals surface area contributed by atoms with Crippen LogP contribution in [0.2, 0.25) is 0 Å². The largest absolute Gasteiger partial charge is 0.377 e. The van der Waals surface area contributed by atoms with Crippen LogP contribution in [-0.2, 0) is 9.53 Å². The van der Waals surface area contributed by atoms with E-state index in [2.05, 4.69) is 12.2 Å². The first-order chi connectivity index (χ1) is 5.28. The highest BCUT2D eigenvalue weighted by atomic mass is 16.5. The zero-order chi connectivity index (χ0) is 7.90. The molecule has 60 valence electrons. The Kier molecular flexibility index (Phi) is 1.39. The lowest BCUT2D eigenvalue weighted by Gasteiger charge is -2.47. The van der Waals surface area contributed by atoms with Gasteiger partial charge in [0.1, 0.15) is 5.78 Å². The third kappa shape index (κ3) is 0.791. The Morgan fingerprint density at radius 1 is 1.64 bits per heavy atom. The van der Waals surface area contributed by atoms with E-state index >= 15 is 0 Å². The Labute approximate surface area is 66.2 Å². The van der Waals surface area contributed by atoms with E-state index in [4.69, 9.17) is 4.74 Å². The number of ether oxygens (including phenoxy) is 1. The number of hydrogen-bond acceptors (Lipinski definition) is 2. The fraction of sp³-hybridized carbons (Fsp3) is 0.667. The minimum Gasteiger partial charge on any atom is -0.377 e. The third-order valence-electron chi connectivity index (χ3n) is 2.91. The van der Waals surface area contributed by atoms with Gasteiger partial charge >= 0.3 is 0 Å². The van der Waals surface area contributed by atoms with Gasteiger partial charge in [0.05, 0.1) is 11.5 Å². The zero-order valence-corrected chi connectivity index (χ0v) is 6.67. The van der Waals surface area contributed by atoms with Crippen molar-refractivity contribution in [2.45, 2.75) is 24.9 Å². The molecule has 2 atom stereocenters. The van der Waals surface area contributed by atoms with Crippen molar-refractivity contribution in [3.8, 4) is 0 Å². The summed E-state index contributed by atoms with van der Waals surface area (Å²) in [7, 11) is 1.71. The van der Waals surface area contributed by atoms with Crippen LogP contribution >= 0.6 is 0 Å². The molecule has 2 aliphatic carbocycles. The van der Waals surface area contributed by atoms with Gasteiger partial charge in [0.25, 0.3) is 0 Å². The molecule has 2 heteroatoms. The van der Waals surface area contributed by atoms with Gasteiger partial charge in [0, 0.05) is 13.5 Å². The second kappa shape index (κ2) is 2.18. The molecular formula is C9H12O2. The smallest absolute Gasteiger partial charge is 0.142 e. The molecule has 0 radical (unpaired) electrons. The van der Waals surface area contributed by atoms with Gasteiger partial charge in [-0.05, 0) is 12.8 Å². The quantitative estimate of drug-likeness (QED) is 0.529. The van der Waals surface area contributed by atoms with E-state index in [1.54, 1.807) is 7.11 Å². The van der Waals surface area contributed by atoms with E-state index < -0.39 is 0 Å². The van der Waals surface area contributed by atoms with Crippen LogP contribution in [0, 0.1) is 5.92 Å². The lowest BCUT2D eigenvalue weighted by atomic mass is 9.63. The molecule has 0 aromatic heterocycles. The van der Waals surface area contributed by atoms with Gasteiger partial charge in [0.15, 0.2) is 0 Å². The Morgan fingerprint density at radius 3 is 3.00 bits per heavy atom. The van der Waals surface area contributed by atoms with Crippen molar-refractivity contribution in [1.29, 1.82) is 0 Å². The van der Waals surface area contributed by atoms with E-state index in [0.29, 0.717) is 12.2 Å². The standard InChI is InChI=1S/C9H12O2/c1-11-9-5-3-2-4-7(9)8(10)6-9/h2-3,7H,4-6H2,1H3. The van der Waals surface area contributed by atoms with Gasteiger partial charge in [-0.15, -0.1) is 0 Å². The molecule has 1 fully saturated rings. The number of allylic oxidation sites excluding steroid dienone is 1. The Morgan fingerprint density at radius 2 is 2.45 bits per heavy atom. The molecule has 2 nitrogen and oxygen atoms in total. The normalized spacial score (nSPS) is 41.5. The molecule has 0 N–H and O–H groups in total. The molecule has 0 aromatic rings. The highest BCUT2D eigenvalue weighted by molar-refractivity contribution is 5.90. The molecular weight excluding hydrogens is 140 g/mol. The van der Waals surface area contributed by atoms with E-state index in [0.717, 1.165) is 12.8 Å². The number of rotatable bonds is 1. The molecule has 2 rings (SSSR count). The molecule has 2 unspecified atom stereocenters. The minimum absolute atomic E-state index is 0.105. The summed E-state index contributed by atoms with van der Waals surface area (Å²) in [6.45, 7) is 0. The second-order valence-corrected chi connectivity index (χ2v) is 3.38. The summed E-state index contributed by atoms with van der Waals surface area (Å²) >= 11 is 0. The summed E-state index contributed by atoms with van der Waals surface area (Å²) in [5.74, 6) is 0.536. The summed E-state index contributed by atoms with van der Waals surface area (Å²) in [6.07, 6.45) is 6.62. The highest BCUT2D eigenvalue weighted by Crippen LogP contribution is 2.45. The van der Waals surface area contributed by atoms with Gasteiger partial charge in [-0.1, -0.05) is 12.2 Å². The number of carbonyl (C=O) groups is 1. The molecule has 0 heterocycles. The molecule has 0 spiro atoms. The lowest BCUT2D eigenvalue weighted by Crippen LogP contribution is -2.56. The van der Waals surface area contributed by atoms with Gasteiger partial charge in [-0.3, -0.25) is 4.79 Å². The molecule has 0 aromatic carbocycles. The first-order valence-corrected chi connectivity index (χ1v) is 4.01. The molecule has 2 aliphatic rings. The van der Waals surface area contributed by atoms with E-state index in [1.807, 2.05) is 0 Å². The summed E-state index contributed by atoms with van der Waals surface area (Å²) in [4.78, 5) is 11.1. The maximum atomic E-state index is 11.1. The van der Waals surface area contributed by atoms with Crippen LogP contribution in [0.25, 0.3) is 0 Å². The monoisotopic (exact) mass is 152 g/mol. The molecule has 11 heavy (non-hydrogen) atoms. The fourth-order valence-electron chi connectivity index (χ4n) is 2.08. The van der Waals surface area contributed by atoms with Crippen LogP contribution < -0.4 is 0 Å². The maximum absolute atomic E-state index is 11.1. The Balaban J connectivity index is 2.22. The summed E-state index contributed by atoms with van der Waals surface area (Å²) in [5, 5.41) is 0. The first-order valence-electron chi connectivity index (χ1n) is 4.01. The average Bonchev–Trinajstić information content (AvgIpc) is 2.02. The van der Waals surface area contributed by atoms with Crippen molar-refractivity contribution in [2.75, 3.05) is 7.11 Å². The summed E-state index contributed by atoms with van der Waals surface area (Å²) < 4.78 is 5.38. The van der Waals surface area contributed by atoms with Crippen LogP contribution in [-0.4, -0.2) is 18.5 Å². The van der Waals surface area contributed by atoms with Crippen LogP contribution in [0.4, 0.5) is 0 Å². The highest BCUT2D eigenvalue weighted by Gasteiger charge is 2.53. The van der Waals surface area contributed by atoms with Gasteiger partial charge in [0.2, 0.25) is 0 Å². The van der Waals surface area contributed by atoms with Crippen molar-refractivity contribution in [2.24, 2.45) is 5.92 Å². The molecule has 1 saturated carbocycles. The van der Waals surface area contributed by atoms with Gasteiger partial charge < -0.3 is 4.74 Å². The Hall–Kier alpha value is -0.630. The summed E-state index contributed by atoms with van der Waals surface area (Å²) in [5.41, 5.74) is -0.105. The maximum Gasteiger partial charge on any atom is 0.142 e. The van der Waals surface area contributed by atoms with Crippen molar-refractivity contribution in [3.63, 3.8) is 0 Å². The Bertz CT molecular complexity index is 220. The first kappa shape index (κ1) is 7.04. The predicted molar refractivity (Wildman–Crippen MR) is 41.2 cm³/mol. The topological polar surface area (TPSA) is 26.3 Å². The van der Waals surface area contributed by atoms with Crippen molar-refractivity contribution in [3.05, 3.63) is 12.2 Å². The number of fused-ring (bicyclic) bond motifs is 1. The van der Waals surface area contributed by atoms with Crippen LogP contribution in [0.15, 0.2) is 12.2 Å². The lowest BCUT2D eigenvalue weighted by molar-refractivity contribution is -0.164. The molecule has 0 saturated heterocycles. The summed E-state index contributed by atoms with van der Waals surface area (Å²) in [6, 6.07) is 0. The minimum atomic E-state index is -0.105. The van der Waals surface area contributed by atoms with Crippen LogP contribution in [0.5, 0.6) is 0 Å². The van der Waals surface area contributed by atoms with E-state index in [1.165, 1.54) is 0 Å². The van der Waals surface area contributed by atoms with E-state index in [-0.39, 0.29) is 11.5 Å². The fourth-order valence-corrected chi connectivity index (χ4v) is 2.08. The van der Waals surface area contributed by atoms with Crippen LogP contribution in [0.1, 0.15) is 19.3 Å².